The van der Waals surface area contributed by atoms with Gasteiger partial charge >= 0.3 is 11.7 Å². The molecule has 0 aliphatic heterocycles. The van der Waals surface area contributed by atoms with E-state index in [4.69, 9.17) is 4.74 Å². The standard InChI is InChI=1S/C20H20N8O3/c1-27(2)13-4-3-5-14(9-13)31-20-24-16-11(8-15-17(29)25-19(30)23-15)10-21-28(16)18(26-20)22-12-6-7-12/h3-5,8-10,12,29H,6-7H2,1-2H3,(H2,23,25,30). The predicted molar refractivity (Wildman–Crippen MR) is 112 cm³/mol. The lowest BCUT2D eigenvalue weighted by Gasteiger charge is -2.13. The second-order valence-corrected chi connectivity index (χ2v) is 7.48. The molecule has 11 nitrogen and oxygen atoms in total. The van der Waals surface area contributed by atoms with E-state index in [1.807, 2.05) is 43.3 Å². The zero-order chi connectivity index (χ0) is 21.5. The highest BCUT2D eigenvalue weighted by Gasteiger charge is 2.21. The molecule has 1 aromatic carbocycles. The number of nitrogens with one attached hydrogen (secondary N) is 2. The summed E-state index contributed by atoms with van der Waals surface area (Å²) in [5, 5.41) is 14.8. The third-order valence-electron chi connectivity index (χ3n) is 4.78. The molecule has 0 radical (unpaired) electrons. The number of aromatic amines is 2. The van der Waals surface area contributed by atoms with Gasteiger partial charge in [0, 0.05) is 31.1 Å². The number of nitrogens with zero attached hydrogens (tertiary/aromatic N) is 6. The molecule has 3 heterocycles. The molecular formula is C20H20N8O3. The molecule has 0 saturated heterocycles. The molecule has 1 fully saturated rings. The average molecular weight is 420 g/mol. The van der Waals surface area contributed by atoms with Crippen molar-refractivity contribution in [3.63, 3.8) is 0 Å². The molecule has 1 saturated carbocycles. The summed E-state index contributed by atoms with van der Waals surface area (Å²) in [7, 11) is 3.90. The third-order valence-corrected chi connectivity index (χ3v) is 4.78. The molecule has 0 unspecified atom stereocenters. The maximum absolute atomic E-state index is 11.4. The first-order valence-electron chi connectivity index (χ1n) is 9.74. The van der Waals surface area contributed by atoms with E-state index in [0.717, 1.165) is 18.5 Å². The van der Waals surface area contributed by atoms with Crippen LogP contribution in [0.1, 0.15) is 18.5 Å². The van der Waals surface area contributed by atoms with Crippen molar-refractivity contribution in [3.05, 3.63) is 57.5 Å². The van der Waals surface area contributed by atoms with E-state index in [2.05, 4.69) is 30.0 Å². The summed E-state index contributed by atoms with van der Waals surface area (Å²) < 4.78 is 7.47. The number of fused-ring (bicyclic) bond motifs is 1. The maximum atomic E-state index is 11.4. The number of hydrogen-bond donors (Lipinski definition) is 3. The van der Waals surface area contributed by atoms with Crippen LogP contribution >= 0.6 is 0 Å². The van der Waals surface area contributed by atoms with E-state index in [-0.39, 0.29) is 23.6 Å². The van der Waals surface area contributed by atoms with Gasteiger partial charge in [-0.25, -0.2) is 9.79 Å². The van der Waals surface area contributed by atoms with Gasteiger partial charge in [-0.05, 0) is 31.1 Å². The predicted octanol–water partition coefficient (Wildman–Crippen LogP) is 0.315. The van der Waals surface area contributed by atoms with Crippen LogP contribution in [0.4, 0.5) is 5.69 Å². The summed E-state index contributed by atoms with van der Waals surface area (Å²) in [6, 6.07) is 7.91. The summed E-state index contributed by atoms with van der Waals surface area (Å²) in [4.78, 5) is 31.8. The minimum Gasteiger partial charge on any atom is -0.493 e. The zero-order valence-electron chi connectivity index (χ0n) is 16.9. The minimum atomic E-state index is -0.510. The Hall–Kier alpha value is -4.15. The van der Waals surface area contributed by atoms with Crippen molar-refractivity contribution >= 4 is 17.4 Å². The van der Waals surface area contributed by atoms with E-state index < -0.39 is 5.69 Å². The lowest BCUT2D eigenvalue weighted by molar-refractivity contribution is 0.435. The van der Waals surface area contributed by atoms with Crippen molar-refractivity contribution < 1.29 is 9.84 Å². The van der Waals surface area contributed by atoms with Gasteiger partial charge in [0.1, 0.15) is 11.4 Å². The van der Waals surface area contributed by atoms with Crippen LogP contribution in [0.25, 0.3) is 11.7 Å². The van der Waals surface area contributed by atoms with Gasteiger partial charge in [0.15, 0.2) is 5.65 Å². The number of hydrogen-bond acceptors (Lipinski definition) is 8. The molecule has 3 aromatic heterocycles. The first kappa shape index (κ1) is 18.9. The minimum absolute atomic E-state index is 0.129. The fourth-order valence-corrected chi connectivity index (χ4v) is 3.04. The molecule has 31 heavy (non-hydrogen) atoms. The lowest BCUT2D eigenvalue weighted by Crippen LogP contribution is -2.23. The maximum Gasteiger partial charge on any atom is 0.327 e. The van der Waals surface area contributed by atoms with E-state index in [0.29, 0.717) is 22.2 Å². The highest BCUT2D eigenvalue weighted by Crippen LogP contribution is 2.24. The van der Waals surface area contributed by atoms with Crippen LogP contribution in [0.3, 0.4) is 0 Å². The van der Waals surface area contributed by atoms with Crippen molar-refractivity contribution in [3.8, 4) is 17.6 Å². The fraction of sp³-hybridized carbons (Fsp3) is 0.250. The molecule has 0 atom stereocenters. The Morgan fingerprint density at radius 1 is 1.29 bits per heavy atom. The molecular weight excluding hydrogens is 400 g/mol. The van der Waals surface area contributed by atoms with Gasteiger partial charge in [0.25, 0.3) is 5.62 Å². The van der Waals surface area contributed by atoms with Gasteiger partial charge in [-0.3, -0.25) is 4.98 Å². The zero-order valence-corrected chi connectivity index (χ0v) is 16.9. The first-order valence-corrected chi connectivity index (χ1v) is 9.74. The molecule has 0 spiro atoms. The van der Waals surface area contributed by atoms with Crippen molar-refractivity contribution in [1.29, 1.82) is 0 Å². The normalized spacial score (nSPS) is 15.0. The van der Waals surface area contributed by atoms with Crippen LogP contribution in [-0.4, -0.2) is 54.8 Å². The Labute approximate surface area is 175 Å². The van der Waals surface area contributed by atoms with Crippen LogP contribution in [-0.2, 0) is 0 Å². The molecule has 1 aliphatic rings. The molecule has 11 heteroatoms. The number of benzene rings is 1. The second-order valence-electron chi connectivity index (χ2n) is 7.48. The van der Waals surface area contributed by atoms with Gasteiger partial charge < -0.3 is 19.7 Å². The third kappa shape index (κ3) is 3.84. The fourth-order valence-electron chi connectivity index (χ4n) is 3.04. The smallest absolute Gasteiger partial charge is 0.327 e. The summed E-state index contributed by atoms with van der Waals surface area (Å²) in [5.41, 5.74) is 1.52. The largest absolute Gasteiger partial charge is 0.493 e. The number of aromatic nitrogens is 6. The Balaban J connectivity index is 1.65. The highest BCUT2D eigenvalue weighted by molar-refractivity contribution is 5.56. The van der Waals surface area contributed by atoms with Gasteiger partial charge in [0.2, 0.25) is 5.88 Å². The molecule has 5 rings (SSSR count). The second kappa shape index (κ2) is 7.27. The van der Waals surface area contributed by atoms with Gasteiger partial charge in [-0.2, -0.15) is 19.6 Å². The van der Waals surface area contributed by atoms with Crippen LogP contribution in [0, 0.1) is 0 Å². The van der Waals surface area contributed by atoms with E-state index >= 15 is 0 Å². The number of ether oxygens (including phenoxy) is 1. The highest BCUT2D eigenvalue weighted by atomic mass is 16.5. The Morgan fingerprint density at radius 2 is 2.13 bits per heavy atom. The Morgan fingerprint density at radius 3 is 2.84 bits per heavy atom. The van der Waals surface area contributed by atoms with E-state index in [1.165, 1.54) is 4.52 Å². The van der Waals surface area contributed by atoms with Crippen LogP contribution < -0.4 is 26.2 Å². The summed E-state index contributed by atoms with van der Waals surface area (Å²) >= 11 is 0. The Kier molecular flexibility index (Phi) is 4.42. The molecule has 158 valence electrons. The van der Waals surface area contributed by atoms with Gasteiger partial charge in [-0.1, -0.05) is 6.07 Å². The monoisotopic (exact) mass is 420 g/mol. The van der Waals surface area contributed by atoms with Crippen LogP contribution in [0.5, 0.6) is 17.6 Å². The van der Waals surface area contributed by atoms with Crippen LogP contribution in [0.15, 0.2) is 40.2 Å². The van der Waals surface area contributed by atoms with Crippen molar-refractivity contribution in [2.45, 2.75) is 18.9 Å². The number of anilines is 1. The Bertz CT molecular complexity index is 1450. The molecule has 3 N–H and O–H groups in total. The number of rotatable bonds is 5. The van der Waals surface area contributed by atoms with E-state index in [9.17, 15) is 9.90 Å². The lowest BCUT2D eigenvalue weighted by atomic mass is 10.3. The van der Waals surface area contributed by atoms with Gasteiger partial charge in [-0.15, -0.1) is 0 Å². The van der Waals surface area contributed by atoms with Crippen molar-refractivity contribution in [1.82, 2.24) is 29.5 Å². The number of aromatic hydroxyl groups is 1. The number of H-pyrrole nitrogens is 2. The SMILES string of the molecule is CN(C)c1cccc(Oc2nc(=NC3CC3)n3ncc(=Cc4[nH]c(=O)[nH]c4O)c3n2)c1. The molecule has 1 aliphatic carbocycles. The van der Waals surface area contributed by atoms with Crippen molar-refractivity contribution in [2.24, 2.45) is 4.99 Å². The summed E-state index contributed by atoms with van der Waals surface area (Å²) in [5.74, 6) is 0.323. The summed E-state index contributed by atoms with van der Waals surface area (Å²) in [6.07, 6.45) is 5.15. The van der Waals surface area contributed by atoms with Gasteiger partial charge in [0.05, 0.1) is 12.2 Å². The van der Waals surface area contributed by atoms with Crippen molar-refractivity contribution in [2.75, 3.05) is 19.0 Å². The first-order chi connectivity index (χ1) is 15.0. The molecule has 0 amide bonds. The average Bonchev–Trinajstić information content (AvgIpc) is 3.37. The molecule has 0 bridgehead atoms. The quantitative estimate of drug-likeness (QED) is 0.423. The number of imidazole rings is 1. The molecule has 4 aromatic rings. The van der Waals surface area contributed by atoms with Crippen LogP contribution in [0.2, 0.25) is 0 Å². The van der Waals surface area contributed by atoms with E-state index in [1.54, 1.807) is 12.3 Å². The summed E-state index contributed by atoms with van der Waals surface area (Å²) in [6.45, 7) is 0. The topological polar surface area (TPSA) is 137 Å².